The lowest BCUT2D eigenvalue weighted by Crippen LogP contribution is -2.61. The van der Waals surface area contributed by atoms with Crippen molar-refractivity contribution in [2.45, 2.75) is 80.4 Å². The normalized spacial score (nSPS) is 45.6. The first kappa shape index (κ1) is 28.0. The zero-order valence-corrected chi connectivity index (χ0v) is 18.8. The monoisotopic (exact) mass is 508 g/mol. The Balaban J connectivity index is 1.90. The lowest BCUT2D eigenvalue weighted by atomic mass is 9.89. The van der Waals surface area contributed by atoms with Crippen LogP contribution in [0, 0.1) is 0 Å². The van der Waals surface area contributed by atoms with Gasteiger partial charge in [-0.2, -0.15) is 0 Å². The maximum atomic E-state index is 13.0. The van der Waals surface area contributed by atoms with Gasteiger partial charge in [0.15, 0.2) is 17.7 Å². The average molecular weight is 508 g/mol. The molecule has 2 heterocycles. The Bertz CT molecular complexity index is 812. The maximum Gasteiger partial charge on any atom is 0.228 e. The van der Waals surface area contributed by atoms with Crippen molar-refractivity contribution < 1.29 is 69.7 Å². The van der Waals surface area contributed by atoms with Crippen molar-refractivity contribution >= 4 is 5.78 Å². The van der Waals surface area contributed by atoms with Crippen LogP contribution in [0.4, 0.5) is 0 Å². The van der Waals surface area contributed by atoms with E-state index in [0.717, 1.165) is 6.26 Å². The second-order valence-electron chi connectivity index (χ2n) is 8.67. The Morgan fingerprint density at radius 3 is 1.89 bits per heavy atom. The molecule has 0 aromatic rings. The number of hydrogen-bond donors (Lipinski definition) is 9. The summed E-state index contributed by atoms with van der Waals surface area (Å²) in [6, 6.07) is 0. The van der Waals surface area contributed by atoms with Crippen LogP contribution < -0.4 is 0 Å². The molecule has 0 aromatic carbocycles. The molecule has 14 nitrogen and oxygen atoms in total. The molecule has 9 N–H and O–H groups in total. The SMILES string of the molecule is CC1=CC(=O)[C@@](CCO)(O[C@@H]2O[C@H](CO)[C@@H](O)[C@H](O)[C@H]2O)/C1=C\O[C@@H]1O[C@H](CO)[C@@H](O)[C@H](O)[C@H]1O. The number of aliphatic hydroxyl groups is 9. The van der Waals surface area contributed by atoms with E-state index in [9.17, 15) is 50.8 Å². The fraction of sp³-hybridized carbons (Fsp3) is 0.762. The van der Waals surface area contributed by atoms with Crippen LogP contribution in [-0.2, 0) is 23.7 Å². The second kappa shape index (κ2) is 11.2. The molecule has 2 fully saturated rings. The third-order valence-corrected chi connectivity index (χ3v) is 6.40. The molecule has 35 heavy (non-hydrogen) atoms. The van der Waals surface area contributed by atoms with E-state index >= 15 is 0 Å². The minimum Gasteiger partial charge on any atom is -0.469 e. The molecule has 0 amide bonds. The molecule has 3 rings (SSSR count). The third-order valence-electron chi connectivity index (χ3n) is 6.40. The molecule has 0 radical (unpaired) electrons. The molecule has 11 atom stereocenters. The molecule has 0 saturated carbocycles. The number of hydrogen-bond acceptors (Lipinski definition) is 14. The quantitative estimate of drug-likeness (QED) is 0.140. The van der Waals surface area contributed by atoms with Gasteiger partial charge < -0.3 is 64.9 Å². The standard InChI is InChI=1S/C21H32O14/c1-8-4-12(25)21(2-3-22,35-20-18(31)16(29)14(27)11(6-24)34-20)9(8)7-32-19-17(30)15(28)13(26)10(5-23)33-19/h4,7,10-11,13-20,22-24,26-31H,2-3,5-6H2,1H3/b9-7-/t10-,11-,13-,14-,15+,16+,17-,18-,19-,20+,21+/m1/s1. The van der Waals surface area contributed by atoms with E-state index in [1.807, 2.05) is 0 Å². The van der Waals surface area contributed by atoms with Crippen LogP contribution in [-0.4, -0.2) is 139 Å². The average Bonchev–Trinajstić information content (AvgIpc) is 3.06. The highest BCUT2D eigenvalue weighted by Crippen LogP contribution is 2.41. The molecule has 0 aromatic heterocycles. The summed E-state index contributed by atoms with van der Waals surface area (Å²) in [5.74, 6) is -0.676. The van der Waals surface area contributed by atoms with Crippen molar-refractivity contribution in [2.24, 2.45) is 0 Å². The summed E-state index contributed by atoms with van der Waals surface area (Å²) in [4.78, 5) is 13.0. The van der Waals surface area contributed by atoms with Gasteiger partial charge in [0.05, 0.1) is 19.5 Å². The minimum atomic E-state index is -2.00. The van der Waals surface area contributed by atoms with Gasteiger partial charge >= 0.3 is 0 Å². The molecule has 0 spiro atoms. The van der Waals surface area contributed by atoms with E-state index in [1.165, 1.54) is 13.0 Å². The molecule has 200 valence electrons. The van der Waals surface area contributed by atoms with E-state index < -0.39 is 92.6 Å². The van der Waals surface area contributed by atoms with E-state index in [2.05, 4.69) is 0 Å². The van der Waals surface area contributed by atoms with Crippen molar-refractivity contribution in [3.63, 3.8) is 0 Å². The summed E-state index contributed by atoms with van der Waals surface area (Å²) in [6.45, 7) is -0.489. The van der Waals surface area contributed by atoms with Crippen molar-refractivity contribution in [3.05, 3.63) is 23.5 Å². The predicted octanol–water partition coefficient (Wildman–Crippen LogP) is -4.85. The van der Waals surface area contributed by atoms with Gasteiger partial charge in [-0.15, -0.1) is 0 Å². The third kappa shape index (κ3) is 5.16. The number of rotatable bonds is 8. The fourth-order valence-electron chi connectivity index (χ4n) is 4.30. The molecule has 2 saturated heterocycles. The summed E-state index contributed by atoms with van der Waals surface area (Å²) in [5, 5.41) is 88.9. The molecule has 3 aliphatic rings. The summed E-state index contributed by atoms with van der Waals surface area (Å²) in [5.41, 5.74) is -1.68. The Hall–Kier alpha value is -1.53. The van der Waals surface area contributed by atoms with Gasteiger partial charge in [-0.05, 0) is 18.6 Å². The van der Waals surface area contributed by atoms with Crippen LogP contribution in [0.2, 0.25) is 0 Å². The van der Waals surface area contributed by atoms with E-state index in [0.29, 0.717) is 5.57 Å². The van der Waals surface area contributed by atoms with E-state index in [1.54, 1.807) is 0 Å². The van der Waals surface area contributed by atoms with Gasteiger partial charge in [-0.3, -0.25) is 4.79 Å². The highest BCUT2D eigenvalue weighted by molar-refractivity contribution is 6.05. The molecule has 14 heteroatoms. The van der Waals surface area contributed by atoms with Crippen LogP contribution in [0.3, 0.4) is 0 Å². The smallest absolute Gasteiger partial charge is 0.228 e. The Kier molecular flexibility index (Phi) is 9.01. The van der Waals surface area contributed by atoms with Crippen LogP contribution in [0.1, 0.15) is 13.3 Å². The Labute approximate surface area is 199 Å². The fourth-order valence-corrected chi connectivity index (χ4v) is 4.30. The lowest BCUT2D eigenvalue weighted by Gasteiger charge is -2.43. The largest absolute Gasteiger partial charge is 0.469 e. The molecule has 2 aliphatic heterocycles. The number of ether oxygens (including phenoxy) is 4. The van der Waals surface area contributed by atoms with Crippen LogP contribution in [0.5, 0.6) is 0 Å². The summed E-state index contributed by atoms with van der Waals surface area (Å²) < 4.78 is 21.9. The van der Waals surface area contributed by atoms with E-state index in [4.69, 9.17) is 18.9 Å². The van der Waals surface area contributed by atoms with Crippen molar-refractivity contribution in [1.82, 2.24) is 0 Å². The minimum absolute atomic E-state index is 0.0190. The zero-order valence-electron chi connectivity index (χ0n) is 18.8. The Morgan fingerprint density at radius 2 is 1.37 bits per heavy atom. The van der Waals surface area contributed by atoms with E-state index in [-0.39, 0.29) is 12.0 Å². The van der Waals surface area contributed by atoms with Gasteiger partial charge in [-0.1, -0.05) is 0 Å². The maximum absolute atomic E-state index is 13.0. The predicted molar refractivity (Wildman–Crippen MR) is 111 cm³/mol. The molecular weight excluding hydrogens is 476 g/mol. The topological polar surface area (TPSA) is 236 Å². The second-order valence-corrected chi connectivity index (χ2v) is 8.67. The summed E-state index contributed by atoms with van der Waals surface area (Å²) in [6.07, 6.45) is -14.4. The number of carbonyl (C=O) groups is 1. The lowest BCUT2D eigenvalue weighted by molar-refractivity contribution is -0.318. The van der Waals surface area contributed by atoms with Crippen molar-refractivity contribution in [3.8, 4) is 0 Å². The van der Waals surface area contributed by atoms with Gasteiger partial charge in [-0.25, -0.2) is 0 Å². The number of carbonyl (C=O) groups excluding carboxylic acids is 1. The molecular formula is C21H32O14. The molecule has 0 unspecified atom stereocenters. The van der Waals surface area contributed by atoms with Crippen LogP contribution >= 0.6 is 0 Å². The van der Waals surface area contributed by atoms with Crippen molar-refractivity contribution in [1.29, 1.82) is 0 Å². The summed E-state index contributed by atoms with van der Waals surface area (Å²) >= 11 is 0. The highest BCUT2D eigenvalue weighted by atomic mass is 16.7. The molecule has 1 aliphatic carbocycles. The van der Waals surface area contributed by atoms with Crippen LogP contribution in [0.25, 0.3) is 0 Å². The van der Waals surface area contributed by atoms with Gasteiger partial charge in [0.1, 0.15) is 48.8 Å². The first-order valence-electron chi connectivity index (χ1n) is 11.0. The van der Waals surface area contributed by atoms with Gasteiger partial charge in [0, 0.05) is 18.6 Å². The summed E-state index contributed by atoms with van der Waals surface area (Å²) in [7, 11) is 0. The van der Waals surface area contributed by atoms with Gasteiger partial charge in [0.2, 0.25) is 6.29 Å². The highest BCUT2D eigenvalue weighted by Gasteiger charge is 2.53. The molecule has 0 bridgehead atoms. The first-order chi connectivity index (χ1) is 16.5. The van der Waals surface area contributed by atoms with Crippen LogP contribution in [0.15, 0.2) is 23.5 Å². The number of ketones is 1. The van der Waals surface area contributed by atoms with Gasteiger partial charge in [0.25, 0.3) is 0 Å². The number of aliphatic hydroxyl groups excluding tert-OH is 9. The Morgan fingerprint density at radius 1 is 0.857 bits per heavy atom. The zero-order chi connectivity index (χ0) is 26.1. The van der Waals surface area contributed by atoms with Crippen molar-refractivity contribution in [2.75, 3.05) is 19.8 Å². The first-order valence-corrected chi connectivity index (χ1v) is 11.0.